The largest absolute Gasteiger partial charge is 0.430 e. The number of alkyl halides is 3. The summed E-state index contributed by atoms with van der Waals surface area (Å²) >= 11 is 6.13. The number of nitrogens with zero attached hydrogens (tertiary/aromatic N) is 3. The molecule has 0 saturated carbocycles. The van der Waals surface area contributed by atoms with Crippen LogP contribution in [-0.2, 0) is 10.4 Å². The number of pyridine rings is 1. The molecule has 1 aliphatic rings. The molecule has 37 heavy (non-hydrogen) atoms. The summed E-state index contributed by atoms with van der Waals surface area (Å²) in [5.41, 5.74) is -3.70. The summed E-state index contributed by atoms with van der Waals surface area (Å²) in [6, 6.07) is 9.83. The van der Waals surface area contributed by atoms with E-state index in [1.165, 1.54) is 23.1 Å². The van der Waals surface area contributed by atoms with Crippen molar-refractivity contribution in [1.29, 1.82) is 0 Å². The molecule has 11 heteroatoms. The third-order valence-corrected chi connectivity index (χ3v) is 6.93. The van der Waals surface area contributed by atoms with E-state index in [2.05, 4.69) is 10.3 Å². The van der Waals surface area contributed by atoms with Gasteiger partial charge in [-0.05, 0) is 37.3 Å². The van der Waals surface area contributed by atoms with Crippen LogP contribution in [0.1, 0.15) is 48.0 Å². The quantitative estimate of drug-likeness (QED) is 0.355. The van der Waals surface area contributed by atoms with Gasteiger partial charge in [-0.2, -0.15) is 13.2 Å². The Balaban J connectivity index is 1.44. The van der Waals surface area contributed by atoms with Gasteiger partial charge in [0.15, 0.2) is 0 Å². The molecule has 1 fully saturated rings. The van der Waals surface area contributed by atoms with Crippen LogP contribution in [0.2, 0.25) is 5.15 Å². The summed E-state index contributed by atoms with van der Waals surface area (Å²) in [5, 5.41) is 13.8. The molecule has 2 heterocycles. The van der Waals surface area contributed by atoms with Gasteiger partial charge in [-0.3, -0.25) is 9.59 Å². The normalized spacial score (nSPS) is 16.2. The van der Waals surface area contributed by atoms with E-state index < -0.39 is 23.2 Å². The number of carbonyl (C=O) groups excluding carboxylic acids is 2. The van der Waals surface area contributed by atoms with Crippen molar-refractivity contribution >= 4 is 29.2 Å². The second kappa shape index (κ2) is 12.1. The number of amides is 2. The third kappa shape index (κ3) is 6.73. The van der Waals surface area contributed by atoms with Crippen LogP contribution in [0.15, 0.2) is 42.5 Å². The number of piperidine rings is 1. The summed E-state index contributed by atoms with van der Waals surface area (Å²) in [6.45, 7) is 0.998. The zero-order valence-corrected chi connectivity index (χ0v) is 21.6. The highest BCUT2D eigenvalue weighted by Gasteiger charge is 2.62. The lowest BCUT2D eigenvalue weighted by Gasteiger charge is -2.38. The van der Waals surface area contributed by atoms with Crippen LogP contribution in [0.25, 0.3) is 0 Å². The van der Waals surface area contributed by atoms with E-state index in [-0.39, 0.29) is 24.1 Å². The van der Waals surface area contributed by atoms with Gasteiger partial charge in [0.1, 0.15) is 11.0 Å². The first-order valence-electron chi connectivity index (χ1n) is 12.2. The number of unbranched alkanes of at least 4 members (excludes halogenated alkanes) is 1. The summed E-state index contributed by atoms with van der Waals surface area (Å²) in [7, 11) is 3.28. The number of anilines is 1. The van der Waals surface area contributed by atoms with Crippen LogP contribution >= 0.6 is 11.6 Å². The highest BCUT2D eigenvalue weighted by Crippen LogP contribution is 2.41. The number of hydrogen-bond acceptors (Lipinski definition) is 5. The van der Waals surface area contributed by atoms with Gasteiger partial charge in [-0.25, -0.2) is 4.98 Å². The van der Waals surface area contributed by atoms with Crippen molar-refractivity contribution < 1.29 is 27.9 Å². The second-order valence-electron chi connectivity index (χ2n) is 9.47. The molecule has 2 N–H and O–H groups in total. The molecular formula is C26H32ClF3N4O3. The van der Waals surface area contributed by atoms with Gasteiger partial charge in [-0.15, -0.1) is 0 Å². The Morgan fingerprint density at radius 2 is 1.76 bits per heavy atom. The van der Waals surface area contributed by atoms with Gasteiger partial charge in [0.2, 0.25) is 0 Å². The molecule has 1 saturated heterocycles. The fourth-order valence-electron chi connectivity index (χ4n) is 4.45. The molecule has 1 unspecified atom stereocenters. The van der Waals surface area contributed by atoms with Gasteiger partial charge in [0, 0.05) is 39.3 Å². The minimum Gasteiger partial charge on any atom is -0.370 e. The predicted octanol–water partition coefficient (Wildman–Crippen LogP) is 4.71. The van der Waals surface area contributed by atoms with E-state index in [1.54, 1.807) is 26.2 Å². The molecule has 0 bridgehead atoms. The molecule has 2 amide bonds. The molecule has 2 aromatic rings. The number of aliphatic hydroxyl groups is 1. The first kappa shape index (κ1) is 28.7. The lowest BCUT2D eigenvalue weighted by atomic mass is 9.88. The Morgan fingerprint density at radius 1 is 1.11 bits per heavy atom. The Hall–Kier alpha value is -2.85. The fourth-order valence-corrected chi connectivity index (χ4v) is 4.68. The van der Waals surface area contributed by atoms with E-state index in [4.69, 9.17) is 11.6 Å². The van der Waals surface area contributed by atoms with Crippen LogP contribution in [-0.4, -0.2) is 71.6 Å². The van der Waals surface area contributed by atoms with Crippen molar-refractivity contribution in [2.24, 2.45) is 5.92 Å². The number of aromatic nitrogens is 1. The van der Waals surface area contributed by atoms with Gasteiger partial charge in [0.05, 0.1) is 5.56 Å². The number of benzene rings is 1. The molecule has 0 aliphatic carbocycles. The number of nitrogens with one attached hydrogen (secondary N) is 1. The highest BCUT2D eigenvalue weighted by molar-refractivity contribution is 6.32. The van der Waals surface area contributed by atoms with Gasteiger partial charge in [0.25, 0.3) is 17.4 Å². The Morgan fingerprint density at radius 3 is 2.32 bits per heavy atom. The summed E-state index contributed by atoms with van der Waals surface area (Å²) < 4.78 is 41.4. The topological polar surface area (TPSA) is 85.8 Å². The monoisotopic (exact) mass is 540 g/mol. The average Bonchev–Trinajstić information content (AvgIpc) is 2.87. The maximum absolute atomic E-state index is 13.8. The van der Waals surface area contributed by atoms with Crippen molar-refractivity contribution in [3.63, 3.8) is 0 Å². The summed E-state index contributed by atoms with van der Waals surface area (Å²) in [5.74, 6) is -0.676. The molecular weight excluding hydrogens is 509 g/mol. The van der Waals surface area contributed by atoms with Crippen molar-refractivity contribution in [3.05, 3.63) is 58.7 Å². The molecule has 3 rings (SSSR count). The van der Waals surface area contributed by atoms with Gasteiger partial charge in [-0.1, -0.05) is 54.8 Å². The SMILES string of the molecule is CN(C)C(=O)c1ccc(NCCCCC2CCN(C(=O)C(O)(c3ccccc3)C(F)(F)F)CC2)nc1Cl. The smallest absolute Gasteiger partial charge is 0.370 e. The van der Waals surface area contributed by atoms with Crippen LogP contribution in [0, 0.1) is 5.92 Å². The van der Waals surface area contributed by atoms with Crippen molar-refractivity contribution in [3.8, 4) is 0 Å². The molecule has 1 aliphatic heterocycles. The number of rotatable bonds is 9. The minimum atomic E-state index is -5.13. The summed E-state index contributed by atoms with van der Waals surface area (Å²) in [4.78, 5) is 31.6. The number of halogens is 4. The Bertz CT molecular complexity index is 1080. The molecule has 1 aromatic carbocycles. The first-order chi connectivity index (χ1) is 17.4. The van der Waals surface area contributed by atoms with Gasteiger partial charge < -0.3 is 20.2 Å². The van der Waals surface area contributed by atoms with Crippen molar-refractivity contribution in [1.82, 2.24) is 14.8 Å². The first-order valence-corrected chi connectivity index (χ1v) is 12.6. The molecule has 0 spiro atoms. The maximum Gasteiger partial charge on any atom is 0.430 e. The lowest BCUT2D eigenvalue weighted by Crippen LogP contribution is -2.57. The van der Waals surface area contributed by atoms with Crippen LogP contribution < -0.4 is 5.32 Å². The second-order valence-corrected chi connectivity index (χ2v) is 9.82. The van der Waals surface area contributed by atoms with E-state index in [1.807, 2.05) is 0 Å². The van der Waals surface area contributed by atoms with E-state index >= 15 is 0 Å². The van der Waals surface area contributed by atoms with Crippen LogP contribution in [0.3, 0.4) is 0 Å². The van der Waals surface area contributed by atoms with Gasteiger partial charge >= 0.3 is 6.18 Å². The zero-order valence-electron chi connectivity index (χ0n) is 20.9. The van der Waals surface area contributed by atoms with Crippen LogP contribution in [0.5, 0.6) is 0 Å². The zero-order chi connectivity index (χ0) is 27.2. The standard InChI is InChI=1S/C26H32ClF3N4O3/c1-33(2)23(35)20-11-12-21(32-22(20)27)31-15-7-6-8-18-13-16-34(17-14-18)24(36)25(37,26(28,29)30)19-9-4-3-5-10-19/h3-5,9-12,18,37H,6-8,13-17H2,1-2H3,(H,31,32). The molecule has 0 radical (unpaired) electrons. The van der Waals surface area contributed by atoms with Crippen molar-refractivity contribution in [2.45, 2.75) is 43.9 Å². The van der Waals surface area contributed by atoms with Crippen LogP contribution in [0.4, 0.5) is 19.0 Å². The Labute approximate surface area is 219 Å². The average molecular weight is 541 g/mol. The predicted molar refractivity (Wildman–Crippen MR) is 135 cm³/mol. The highest BCUT2D eigenvalue weighted by atomic mass is 35.5. The summed E-state index contributed by atoms with van der Waals surface area (Å²) in [6.07, 6.45) is -1.33. The Kier molecular flexibility index (Phi) is 9.41. The number of likely N-dealkylation sites (tertiary alicyclic amines) is 1. The maximum atomic E-state index is 13.8. The molecule has 7 nitrogen and oxygen atoms in total. The fraction of sp³-hybridized carbons (Fsp3) is 0.500. The minimum absolute atomic E-state index is 0.134. The lowest BCUT2D eigenvalue weighted by molar-refractivity contribution is -0.262. The molecule has 1 aromatic heterocycles. The van der Waals surface area contributed by atoms with E-state index in [0.717, 1.165) is 36.3 Å². The number of hydrogen-bond donors (Lipinski definition) is 2. The number of carbonyl (C=O) groups is 2. The third-order valence-electron chi connectivity index (χ3n) is 6.64. The molecule has 202 valence electrons. The van der Waals surface area contributed by atoms with E-state index in [0.29, 0.717) is 36.7 Å². The van der Waals surface area contributed by atoms with Crippen molar-refractivity contribution in [2.75, 3.05) is 39.0 Å². The van der Waals surface area contributed by atoms with E-state index in [9.17, 15) is 27.9 Å². The molecule has 1 atom stereocenters.